The molecule has 3 nitrogen and oxygen atoms in total. The van der Waals surface area contributed by atoms with Crippen molar-refractivity contribution in [3.8, 4) is 0 Å². The second kappa shape index (κ2) is 5.35. The molecule has 1 rings (SSSR count). The van der Waals surface area contributed by atoms with Crippen molar-refractivity contribution in [3.05, 3.63) is 14.7 Å². The van der Waals surface area contributed by atoms with Crippen LogP contribution in [-0.2, 0) is 15.9 Å². The lowest BCUT2D eigenvalue weighted by Gasteiger charge is -2.20. The maximum atomic E-state index is 12.2. The van der Waals surface area contributed by atoms with Crippen LogP contribution in [0.1, 0.15) is 18.7 Å². The molecule has 0 unspecified atom stereocenters. The summed E-state index contributed by atoms with van der Waals surface area (Å²) in [6.45, 7) is 3.67. The molecule has 0 aromatic carbocycles. The molecule has 0 N–H and O–H groups in total. The van der Waals surface area contributed by atoms with E-state index < -0.39 is 10.0 Å². The lowest BCUT2D eigenvalue weighted by molar-refractivity contribution is 0.410. The summed E-state index contributed by atoms with van der Waals surface area (Å²) in [4.78, 5) is 1.13. The third-order valence-electron chi connectivity index (χ3n) is 2.22. The first-order chi connectivity index (χ1) is 7.30. The van der Waals surface area contributed by atoms with E-state index in [9.17, 15) is 8.42 Å². The molecule has 0 bridgehead atoms. The van der Waals surface area contributed by atoms with Crippen LogP contribution in [-0.4, -0.2) is 25.8 Å². The Morgan fingerprint density at radius 3 is 2.50 bits per heavy atom. The van der Waals surface area contributed by atoms with Gasteiger partial charge < -0.3 is 0 Å². The molecule has 0 atom stereocenters. The maximum Gasteiger partial charge on any atom is 0.245 e. The fourth-order valence-corrected chi connectivity index (χ4v) is 5.16. The molecule has 7 heteroatoms. The molecule has 92 valence electrons. The Balaban J connectivity index is 3.22. The van der Waals surface area contributed by atoms with Crippen LogP contribution in [0.4, 0.5) is 0 Å². The zero-order valence-electron chi connectivity index (χ0n) is 9.20. The van der Waals surface area contributed by atoms with E-state index in [1.54, 1.807) is 13.1 Å². The van der Waals surface area contributed by atoms with Gasteiger partial charge in [-0.25, -0.2) is 8.42 Å². The van der Waals surface area contributed by atoms with E-state index in [4.69, 9.17) is 11.6 Å². The van der Waals surface area contributed by atoms with Crippen LogP contribution in [0, 0.1) is 0 Å². The van der Waals surface area contributed by atoms with Crippen LogP contribution in [0.5, 0.6) is 0 Å². The van der Waals surface area contributed by atoms with Gasteiger partial charge in [-0.3, -0.25) is 0 Å². The van der Waals surface area contributed by atoms with Gasteiger partial charge >= 0.3 is 0 Å². The molecule has 0 amide bonds. The number of alkyl halides is 1. The monoisotopic (exact) mass is 345 g/mol. The van der Waals surface area contributed by atoms with Gasteiger partial charge in [0.05, 0.1) is 9.67 Å². The number of halogens is 2. The van der Waals surface area contributed by atoms with E-state index >= 15 is 0 Å². The van der Waals surface area contributed by atoms with E-state index in [1.807, 2.05) is 13.8 Å². The van der Waals surface area contributed by atoms with Crippen molar-refractivity contribution in [2.75, 3.05) is 7.05 Å². The Hall–Kier alpha value is 0.380. The van der Waals surface area contributed by atoms with Crippen molar-refractivity contribution in [2.24, 2.45) is 0 Å². The number of sulfonamides is 1. The third kappa shape index (κ3) is 2.79. The number of hydrogen-bond acceptors (Lipinski definition) is 3. The van der Waals surface area contributed by atoms with E-state index in [-0.39, 0.29) is 6.04 Å². The van der Waals surface area contributed by atoms with Crippen molar-refractivity contribution >= 4 is 48.9 Å². The summed E-state index contributed by atoms with van der Waals surface area (Å²) in [5.74, 6) is 0.324. The van der Waals surface area contributed by atoms with Crippen LogP contribution < -0.4 is 0 Å². The molecule has 0 aliphatic rings. The van der Waals surface area contributed by atoms with Gasteiger partial charge in [-0.2, -0.15) is 4.31 Å². The van der Waals surface area contributed by atoms with Crippen molar-refractivity contribution < 1.29 is 8.42 Å². The number of nitrogens with zero attached hydrogens (tertiary/aromatic N) is 1. The fourth-order valence-electron chi connectivity index (χ4n) is 1.07. The minimum absolute atomic E-state index is 0.0729. The zero-order chi connectivity index (χ0) is 12.5. The predicted molar refractivity (Wildman–Crippen MR) is 71.7 cm³/mol. The molecular formula is C9H13BrClNO2S2. The topological polar surface area (TPSA) is 37.4 Å². The summed E-state index contributed by atoms with van der Waals surface area (Å²) >= 11 is 10.3. The molecule has 0 spiro atoms. The van der Waals surface area contributed by atoms with Crippen molar-refractivity contribution in [2.45, 2.75) is 30.7 Å². The summed E-state index contributed by atoms with van der Waals surface area (Å²) in [6.07, 6.45) is 0. The first-order valence-electron chi connectivity index (χ1n) is 4.63. The lowest BCUT2D eigenvalue weighted by atomic mass is 10.4. The summed E-state index contributed by atoms with van der Waals surface area (Å²) in [7, 11) is -1.85. The normalized spacial score (nSPS) is 12.7. The Labute approximate surface area is 114 Å². The summed E-state index contributed by atoms with van der Waals surface area (Å²) in [6, 6.07) is 1.55. The van der Waals surface area contributed by atoms with Gasteiger partial charge in [0.25, 0.3) is 0 Å². The molecule has 16 heavy (non-hydrogen) atoms. The molecule has 1 heterocycles. The highest BCUT2D eigenvalue weighted by atomic mass is 79.9. The molecule has 0 radical (unpaired) electrons. The molecule has 0 saturated heterocycles. The first-order valence-corrected chi connectivity index (χ1v) is 8.21. The van der Waals surface area contributed by atoms with Crippen LogP contribution in [0.3, 0.4) is 0 Å². The number of thiophene rings is 1. The van der Waals surface area contributed by atoms with Gasteiger partial charge in [-0.05, 0) is 35.8 Å². The summed E-state index contributed by atoms with van der Waals surface area (Å²) in [5, 5.41) is 0. The van der Waals surface area contributed by atoms with Gasteiger partial charge in [0.15, 0.2) is 0 Å². The Kier molecular flexibility index (Phi) is 4.83. The highest BCUT2D eigenvalue weighted by molar-refractivity contribution is 9.11. The van der Waals surface area contributed by atoms with E-state index in [0.29, 0.717) is 14.6 Å². The number of hydrogen-bond donors (Lipinski definition) is 0. The summed E-state index contributed by atoms with van der Waals surface area (Å²) < 4.78 is 26.3. The van der Waals surface area contributed by atoms with Gasteiger partial charge in [0.2, 0.25) is 10.0 Å². The van der Waals surface area contributed by atoms with Gasteiger partial charge in [-0.15, -0.1) is 22.9 Å². The Morgan fingerprint density at radius 1 is 1.56 bits per heavy atom. The van der Waals surface area contributed by atoms with Crippen molar-refractivity contribution in [1.29, 1.82) is 0 Å². The van der Waals surface area contributed by atoms with E-state index in [0.717, 1.165) is 4.88 Å². The molecule has 0 aliphatic heterocycles. The average Bonchev–Trinajstić information content (AvgIpc) is 2.58. The standard InChI is InChI=1S/C9H13BrClNO2S2/c1-6(2)12(3)16(13,14)8-4-7(5-11)15-9(8)10/h4,6H,5H2,1-3H3. The van der Waals surface area contributed by atoms with E-state index in [2.05, 4.69) is 15.9 Å². The molecule has 1 aromatic heterocycles. The highest BCUT2D eigenvalue weighted by Crippen LogP contribution is 2.34. The molecule has 0 fully saturated rings. The van der Waals surface area contributed by atoms with Crippen LogP contribution in [0.25, 0.3) is 0 Å². The predicted octanol–water partition coefficient (Wildman–Crippen LogP) is 3.28. The Bertz CT molecular complexity index is 470. The smallest absolute Gasteiger partial charge is 0.207 e. The third-order valence-corrected chi connectivity index (χ3v) is 6.95. The molecule has 1 aromatic rings. The average molecular weight is 347 g/mol. The quantitative estimate of drug-likeness (QED) is 0.785. The maximum absolute atomic E-state index is 12.2. The van der Waals surface area contributed by atoms with Gasteiger partial charge in [0.1, 0.15) is 4.90 Å². The largest absolute Gasteiger partial charge is 0.245 e. The minimum Gasteiger partial charge on any atom is -0.207 e. The lowest BCUT2D eigenvalue weighted by Crippen LogP contribution is -2.32. The molecule has 0 saturated carbocycles. The van der Waals surface area contributed by atoms with E-state index in [1.165, 1.54) is 15.6 Å². The van der Waals surface area contributed by atoms with Crippen LogP contribution >= 0.6 is 38.9 Å². The van der Waals surface area contributed by atoms with Gasteiger partial charge in [0, 0.05) is 18.0 Å². The zero-order valence-corrected chi connectivity index (χ0v) is 13.2. The van der Waals surface area contributed by atoms with Crippen LogP contribution in [0.15, 0.2) is 14.7 Å². The highest BCUT2D eigenvalue weighted by Gasteiger charge is 2.27. The molecule has 0 aliphatic carbocycles. The van der Waals surface area contributed by atoms with Gasteiger partial charge in [-0.1, -0.05) is 0 Å². The summed E-state index contributed by atoms with van der Waals surface area (Å²) in [5.41, 5.74) is 0. The second-order valence-corrected chi connectivity index (χ2v) is 8.29. The van der Waals surface area contributed by atoms with Crippen molar-refractivity contribution in [3.63, 3.8) is 0 Å². The molecular weight excluding hydrogens is 334 g/mol. The Morgan fingerprint density at radius 2 is 2.12 bits per heavy atom. The fraction of sp³-hybridized carbons (Fsp3) is 0.556. The minimum atomic E-state index is -3.42. The first kappa shape index (κ1) is 14.4. The van der Waals surface area contributed by atoms with Crippen LogP contribution in [0.2, 0.25) is 0 Å². The second-order valence-electron chi connectivity index (χ2n) is 3.60. The van der Waals surface area contributed by atoms with Crippen molar-refractivity contribution in [1.82, 2.24) is 4.31 Å². The SMILES string of the molecule is CC(C)N(C)S(=O)(=O)c1cc(CCl)sc1Br. The number of rotatable bonds is 4.